The molecule has 0 spiro atoms. The lowest BCUT2D eigenvalue weighted by atomic mass is 9.99. The maximum absolute atomic E-state index is 6.19. The van der Waals surface area contributed by atoms with Crippen LogP contribution in [0.5, 0.6) is 5.75 Å². The summed E-state index contributed by atoms with van der Waals surface area (Å²) in [6, 6.07) is 0. The molecule has 0 aliphatic heterocycles. The third-order valence-corrected chi connectivity index (χ3v) is 3.41. The lowest BCUT2D eigenvalue weighted by molar-refractivity contribution is 0.408. The number of alkyl halides is 1. The van der Waals surface area contributed by atoms with Gasteiger partial charge in [-0.3, -0.25) is 0 Å². The molecule has 0 radical (unpaired) electrons. The van der Waals surface area contributed by atoms with E-state index in [1.165, 1.54) is 0 Å². The molecule has 1 nitrogen and oxygen atoms in total. The van der Waals surface area contributed by atoms with Crippen molar-refractivity contribution < 1.29 is 4.74 Å². The second-order valence-corrected chi connectivity index (χ2v) is 3.98. The van der Waals surface area contributed by atoms with Crippen molar-refractivity contribution >= 4 is 23.2 Å². The molecule has 0 aromatic heterocycles. The van der Waals surface area contributed by atoms with E-state index in [0.717, 1.165) is 33.0 Å². The Morgan fingerprint density at radius 1 is 1.07 bits per heavy atom. The minimum absolute atomic E-state index is 0.441. The smallest absolute Gasteiger partial charge is 0.126 e. The van der Waals surface area contributed by atoms with E-state index in [2.05, 4.69) is 0 Å². The van der Waals surface area contributed by atoms with Gasteiger partial charge in [-0.2, -0.15) is 0 Å². The van der Waals surface area contributed by atoms with Gasteiger partial charge in [-0.15, -0.1) is 11.6 Å². The number of ether oxygens (including phenoxy) is 1. The van der Waals surface area contributed by atoms with Gasteiger partial charge in [0.1, 0.15) is 5.75 Å². The second kappa shape index (κ2) is 4.41. The quantitative estimate of drug-likeness (QED) is 0.701. The van der Waals surface area contributed by atoms with Gasteiger partial charge < -0.3 is 4.74 Å². The predicted octanol–water partition coefficient (Wildman–Crippen LogP) is 4.01. The number of hydrogen-bond donors (Lipinski definition) is 0. The first kappa shape index (κ1) is 11.7. The Morgan fingerprint density at radius 2 is 1.64 bits per heavy atom. The molecule has 0 aliphatic carbocycles. The van der Waals surface area contributed by atoms with Crippen molar-refractivity contribution in [2.75, 3.05) is 7.11 Å². The number of rotatable bonds is 2. The standard InChI is InChI=1S/C11H14Cl2O/c1-6-7(2)11(14-4)8(3)10(13)9(6)5-12/h5H2,1-4H3. The average molecular weight is 233 g/mol. The van der Waals surface area contributed by atoms with Gasteiger partial charge in [-0.05, 0) is 37.5 Å². The van der Waals surface area contributed by atoms with E-state index in [-0.39, 0.29) is 0 Å². The number of methoxy groups -OCH3 is 1. The molecular weight excluding hydrogens is 219 g/mol. The minimum atomic E-state index is 0.441. The Kier molecular flexibility index (Phi) is 3.68. The third-order valence-electron chi connectivity index (χ3n) is 2.63. The Bertz CT molecular complexity index is 295. The highest BCUT2D eigenvalue weighted by Gasteiger charge is 2.15. The molecule has 0 N–H and O–H groups in total. The summed E-state index contributed by atoms with van der Waals surface area (Å²) in [5.41, 5.74) is 4.20. The van der Waals surface area contributed by atoms with E-state index in [1.54, 1.807) is 7.11 Å². The summed E-state index contributed by atoms with van der Waals surface area (Å²) in [7, 11) is 1.66. The first-order chi connectivity index (χ1) is 6.54. The molecular formula is C11H14Cl2O. The zero-order valence-electron chi connectivity index (χ0n) is 8.87. The Hall–Kier alpha value is -0.400. The summed E-state index contributed by atoms with van der Waals surface area (Å²) >= 11 is 12.0. The summed E-state index contributed by atoms with van der Waals surface area (Å²) in [5, 5.41) is 0.722. The zero-order valence-corrected chi connectivity index (χ0v) is 10.4. The van der Waals surface area contributed by atoms with E-state index >= 15 is 0 Å². The molecule has 78 valence electrons. The average Bonchev–Trinajstić information content (AvgIpc) is 2.17. The maximum atomic E-state index is 6.19. The first-order valence-corrected chi connectivity index (χ1v) is 5.33. The second-order valence-electron chi connectivity index (χ2n) is 3.33. The van der Waals surface area contributed by atoms with Crippen LogP contribution in [-0.2, 0) is 5.88 Å². The van der Waals surface area contributed by atoms with Crippen molar-refractivity contribution in [2.24, 2.45) is 0 Å². The van der Waals surface area contributed by atoms with E-state index < -0.39 is 0 Å². The van der Waals surface area contributed by atoms with Crippen LogP contribution >= 0.6 is 23.2 Å². The molecule has 0 saturated heterocycles. The Balaban J connectivity index is 3.55. The van der Waals surface area contributed by atoms with Gasteiger partial charge in [-0.25, -0.2) is 0 Å². The third kappa shape index (κ3) is 1.71. The highest BCUT2D eigenvalue weighted by Crippen LogP contribution is 2.36. The molecule has 3 heteroatoms. The zero-order chi connectivity index (χ0) is 10.9. The van der Waals surface area contributed by atoms with Crippen molar-refractivity contribution in [3.63, 3.8) is 0 Å². The molecule has 0 amide bonds. The minimum Gasteiger partial charge on any atom is -0.496 e. The molecule has 0 saturated carbocycles. The van der Waals surface area contributed by atoms with Crippen LogP contribution < -0.4 is 4.74 Å². The summed E-state index contributed by atoms with van der Waals surface area (Å²) in [4.78, 5) is 0. The maximum Gasteiger partial charge on any atom is 0.126 e. The first-order valence-electron chi connectivity index (χ1n) is 4.42. The van der Waals surface area contributed by atoms with Gasteiger partial charge in [0.05, 0.1) is 12.1 Å². The van der Waals surface area contributed by atoms with Crippen LogP contribution in [-0.4, -0.2) is 7.11 Å². The summed E-state index contributed by atoms with van der Waals surface area (Å²) < 4.78 is 5.31. The summed E-state index contributed by atoms with van der Waals surface area (Å²) in [6.07, 6.45) is 0. The van der Waals surface area contributed by atoms with Crippen LogP contribution in [0.2, 0.25) is 5.02 Å². The predicted molar refractivity (Wildman–Crippen MR) is 61.8 cm³/mol. The van der Waals surface area contributed by atoms with Crippen molar-refractivity contribution in [1.82, 2.24) is 0 Å². The SMILES string of the molecule is COc1c(C)c(C)c(CCl)c(Cl)c1C. The van der Waals surface area contributed by atoms with Crippen molar-refractivity contribution in [2.45, 2.75) is 26.7 Å². The van der Waals surface area contributed by atoms with E-state index in [1.807, 2.05) is 20.8 Å². The lowest BCUT2D eigenvalue weighted by Crippen LogP contribution is -1.99. The van der Waals surface area contributed by atoms with Crippen molar-refractivity contribution in [3.05, 3.63) is 27.3 Å². The number of hydrogen-bond acceptors (Lipinski definition) is 1. The van der Waals surface area contributed by atoms with E-state index in [4.69, 9.17) is 27.9 Å². The van der Waals surface area contributed by atoms with Crippen molar-refractivity contribution in [3.8, 4) is 5.75 Å². The lowest BCUT2D eigenvalue weighted by Gasteiger charge is -2.16. The fraction of sp³-hybridized carbons (Fsp3) is 0.455. The number of halogens is 2. The van der Waals surface area contributed by atoms with Gasteiger partial charge >= 0.3 is 0 Å². The molecule has 0 atom stereocenters. The van der Waals surface area contributed by atoms with E-state index in [9.17, 15) is 0 Å². The van der Waals surface area contributed by atoms with Crippen LogP contribution in [0.15, 0.2) is 0 Å². The molecule has 0 bridgehead atoms. The van der Waals surface area contributed by atoms with E-state index in [0.29, 0.717) is 5.88 Å². The topological polar surface area (TPSA) is 9.23 Å². The monoisotopic (exact) mass is 232 g/mol. The van der Waals surface area contributed by atoms with Crippen LogP contribution in [0.25, 0.3) is 0 Å². The van der Waals surface area contributed by atoms with Gasteiger partial charge in [0.15, 0.2) is 0 Å². The Morgan fingerprint density at radius 3 is 2.07 bits per heavy atom. The molecule has 0 unspecified atom stereocenters. The highest BCUT2D eigenvalue weighted by molar-refractivity contribution is 6.33. The molecule has 1 rings (SSSR count). The molecule has 0 aliphatic rings. The highest BCUT2D eigenvalue weighted by atomic mass is 35.5. The molecule has 1 aromatic carbocycles. The number of benzene rings is 1. The Labute approximate surface area is 95.0 Å². The molecule has 1 aromatic rings. The molecule has 14 heavy (non-hydrogen) atoms. The van der Waals surface area contributed by atoms with Crippen molar-refractivity contribution in [1.29, 1.82) is 0 Å². The van der Waals surface area contributed by atoms with Crippen LogP contribution in [0.3, 0.4) is 0 Å². The summed E-state index contributed by atoms with van der Waals surface area (Å²) in [5.74, 6) is 1.30. The molecule has 0 heterocycles. The normalized spacial score (nSPS) is 10.4. The largest absolute Gasteiger partial charge is 0.496 e. The van der Waals surface area contributed by atoms with Gasteiger partial charge in [0, 0.05) is 11.4 Å². The summed E-state index contributed by atoms with van der Waals surface area (Å²) in [6.45, 7) is 5.98. The van der Waals surface area contributed by atoms with Gasteiger partial charge in [0.25, 0.3) is 0 Å². The fourth-order valence-electron chi connectivity index (χ4n) is 1.63. The van der Waals surface area contributed by atoms with Crippen LogP contribution in [0, 0.1) is 20.8 Å². The molecule has 0 fully saturated rings. The van der Waals surface area contributed by atoms with Gasteiger partial charge in [-0.1, -0.05) is 11.6 Å². The van der Waals surface area contributed by atoms with Crippen LogP contribution in [0.4, 0.5) is 0 Å². The fourth-order valence-corrected chi connectivity index (χ4v) is 2.33. The van der Waals surface area contributed by atoms with Gasteiger partial charge in [0.2, 0.25) is 0 Å². The van der Waals surface area contributed by atoms with Crippen LogP contribution in [0.1, 0.15) is 22.3 Å².